The Balaban J connectivity index is 1.50. The van der Waals surface area contributed by atoms with Crippen molar-refractivity contribution in [2.24, 2.45) is 5.92 Å². The fourth-order valence-electron chi connectivity index (χ4n) is 3.21. The number of hydrogen-bond donors (Lipinski definition) is 3. The number of hydrogen-bond acceptors (Lipinski definition) is 5. The minimum atomic E-state index is -4.54. The van der Waals surface area contributed by atoms with Gasteiger partial charge in [-0.3, -0.25) is 14.6 Å². The van der Waals surface area contributed by atoms with E-state index in [0.29, 0.717) is 13.0 Å². The van der Waals surface area contributed by atoms with E-state index in [1.54, 1.807) is 0 Å². The van der Waals surface area contributed by atoms with Crippen LogP contribution in [0.15, 0.2) is 24.5 Å². The van der Waals surface area contributed by atoms with Gasteiger partial charge < -0.3 is 10.6 Å². The third kappa shape index (κ3) is 5.05. The summed E-state index contributed by atoms with van der Waals surface area (Å²) in [6.45, 7) is 0.444. The zero-order valence-corrected chi connectivity index (χ0v) is 14.8. The molecule has 2 aromatic rings. The van der Waals surface area contributed by atoms with E-state index in [1.807, 2.05) is 0 Å². The topological polar surface area (TPSA) is 113 Å². The van der Waals surface area contributed by atoms with E-state index in [-0.39, 0.29) is 29.1 Å². The van der Waals surface area contributed by atoms with Gasteiger partial charge in [0.25, 0.3) is 11.8 Å². The molecule has 1 saturated carbocycles. The molecule has 0 unspecified atom stereocenters. The van der Waals surface area contributed by atoms with Crippen LogP contribution < -0.4 is 10.6 Å². The summed E-state index contributed by atoms with van der Waals surface area (Å²) in [5.41, 5.74) is -0.755. The predicted molar refractivity (Wildman–Crippen MR) is 91.2 cm³/mol. The molecular weight excluding hydrogens is 377 g/mol. The lowest BCUT2D eigenvalue weighted by molar-refractivity contribution is -0.141. The number of rotatable bonds is 5. The van der Waals surface area contributed by atoms with Crippen LogP contribution in [-0.4, -0.2) is 44.8 Å². The minimum absolute atomic E-state index is 0.0782. The van der Waals surface area contributed by atoms with E-state index < -0.39 is 17.8 Å². The average molecular weight is 396 g/mol. The van der Waals surface area contributed by atoms with Crippen molar-refractivity contribution in [2.75, 3.05) is 6.54 Å². The zero-order valence-electron chi connectivity index (χ0n) is 14.8. The first kappa shape index (κ1) is 19.8. The van der Waals surface area contributed by atoms with Crippen molar-refractivity contribution in [3.63, 3.8) is 0 Å². The van der Waals surface area contributed by atoms with Gasteiger partial charge in [-0.15, -0.1) is 0 Å². The van der Waals surface area contributed by atoms with Gasteiger partial charge in [-0.1, -0.05) is 6.42 Å². The van der Waals surface area contributed by atoms with Crippen LogP contribution in [0.3, 0.4) is 0 Å². The molecule has 11 heteroatoms. The van der Waals surface area contributed by atoms with E-state index in [1.165, 1.54) is 6.20 Å². The molecule has 3 rings (SSSR count). The molecule has 8 nitrogen and oxygen atoms in total. The molecule has 0 radical (unpaired) electrons. The van der Waals surface area contributed by atoms with Crippen LogP contribution >= 0.6 is 0 Å². The number of H-pyrrole nitrogens is 1. The van der Waals surface area contributed by atoms with Crippen LogP contribution in [0, 0.1) is 5.92 Å². The zero-order chi connectivity index (χ0) is 20.1. The van der Waals surface area contributed by atoms with Gasteiger partial charge in [0.1, 0.15) is 5.69 Å². The van der Waals surface area contributed by atoms with Crippen molar-refractivity contribution in [2.45, 2.75) is 37.9 Å². The van der Waals surface area contributed by atoms with Crippen LogP contribution in [0.25, 0.3) is 0 Å². The molecule has 28 heavy (non-hydrogen) atoms. The molecule has 0 bridgehead atoms. The van der Waals surface area contributed by atoms with Gasteiger partial charge in [0.2, 0.25) is 0 Å². The number of aromatic nitrogens is 4. The Bertz CT molecular complexity index is 807. The maximum Gasteiger partial charge on any atom is 0.433 e. The smallest absolute Gasteiger partial charge is 0.350 e. The normalized spacial score (nSPS) is 19.8. The average Bonchev–Trinajstić information content (AvgIpc) is 3.21. The highest BCUT2D eigenvalue weighted by atomic mass is 19.4. The summed E-state index contributed by atoms with van der Waals surface area (Å²) in [6, 6.07) is 1.79. The van der Waals surface area contributed by atoms with Crippen LogP contribution in [0.4, 0.5) is 13.2 Å². The van der Waals surface area contributed by atoms with Crippen LogP contribution in [0.1, 0.15) is 52.2 Å². The molecule has 0 aromatic carbocycles. The molecule has 0 saturated heterocycles. The maximum atomic E-state index is 12.6. The molecule has 2 heterocycles. The Morgan fingerprint density at radius 3 is 2.64 bits per heavy atom. The van der Waals surface area contributed by atoms with E-state index in [0.717, 1.165) is 37.6 Å². The van der Waals surface area contributed by atoms with Crippen molar-refractivity contribution in [3.8, 4) is 0 Å². The summed E-state index contributed by atoms with van der Waals surface area (Å²) in [4.78, 5) is 27.5. The van der Waals surface area contributed by atoms with Crippen LogP contribution in [-0.2, 0) is 6.18 Å². The molecule has 1 aliphatic rings. The Morgan fingerprint density at radius 1 is 1.18 bits per heavy atom. The first-order valence-electron chi connectivity index (χ1n) is 8.81. The first-order valence-corrected chi connectivity index (χ1v) is 8.81. The number of carbonyl (C=O) groups excluding carboxylic acids is 2. The molecular formula is C17H19F3N6O2. The highest BCUT2D eigenvalue weighted by molar-refractivity contribution is 5.94. The number of aromatic amines is 1. The third-order valence-corrected chi connectivity index (χ3v) is 4.63. The second-order valence-electron chi connectivity index (χ2n) is 6.70. The number of halogens is 3. The van der Waals surface area contributed by atoms with E-state index in [4.69, 9.17) is 0 Å². The highest BCUT2D eigenvalue weighted by Gasteiger charge is 2.32. The molecule has 2 amide bonds. The van der Waals surface area contributed by atoms with E-state index >= 15 is 0 Å². The van der Waals surface area contributed by atoms with Crippen molar-refractivity contribution >= 4 is 11.8 Å². The molecule has 2 aromatic heterocycles. The van der Waals surface area contributed by atoms with Crippen LogP contribution in [0.5, 0.6) is 0 Å². The van der Waals surface area contributed by atoms with Gasteiger partial charge in [0.05, 0.1) is 11.8 Å². The molecule has 3 N–H and O–H groups in total. The minimum Gasteiger partial charge on any atom is -0.350 e. The van der Waals surface area contributed by atoms with Gasteiger partial charge in [-0.2, -0.15) is 28.6 Å². The van der Waals surface area contributed by atoms with Crippen molar-refractivity contribution < 1.29 is 22.8 Å². The van der Waals surface area contributed by atoms with E-state index in [2.05, 4.69) is 31.0 Å². The summed E-state index contributed by atoms with van der Waals surface area (Å²) >= 11 is 0. The monoisotopic (exact) mass is 396 g/mol. The molecule has 1 fully saturated rings. The summed E-state index contributed by atoms with van der Waals surface area (Å²) in [5, 5.41) is 15.3. The number of nitrogens with zero attached hydrogens (tertiary/aromatic N) is 3. The van der Waals surface area contributed by atoms with E-state index in [9.17, 15) is 22.8 Å². The Morgan fingerprint density at radius 2 is 2.00 bits per heavy atom. The highest BCUT2D eigenvalue weighted by Crippen LogP contribution is 2.27. The van der Waals surface area contributed by atoms with Crippen LogP contribution in [0.2, 0.25) is 0 Å². The third-order valence-electron chi connectivity index (χ3n) is 4.63. The van der Waals surface area contributed by atoms with Gasteiger partial charge in [-0.25, -0.2) is 0 Å². The molecule has 1 aliphatic carbocycles. The lowest BCUT2D eigenvalue weighted by Gasteiger charge is -2.29. The van der Waals surface area contributed by atoms with Crippen molar-refractivity contribution in [1.82, 2.24) is 31.0 Å². The van der Waals surface area contributed by atoms with Gasteiger partial charge in [0.15, 0.2) is 5.69 Å². The van der Waals surface area contributed by atoms with Gasteiger partial charge in [-0.05, 0) is 37.3 Å². The van der Waals surface area contributed by atoms with Gasteiger partial charge in [0, 0.05) is 18.8 Å². The Hall–Kier alpha value is -2.98. The van der Waals surface area contributed by atoms with Crippen molar-refractivity contribution in [1.29, 1.82) is 0 Å². The number of amides is 2. The SMILES string of the molecule is O=C(N[C@H]1CCC[C@@H](CNC(=O)c2cn[nH]n2)C1)c1ccc(C(F)(F)F)nc1. The molecule has 150 valence electrons. The predicted octanol–water partition coefficient (Wildman–Crippen LogP) is 1.94. The quantitative estimate of drug-likeness (QED) is 0.715. The standard InChI is InChI=1S/C17H19F3N6O2/c18-17(19,20)14-5-4-11(8-21-14)15(27)24-12-3-1-2-10(6-12)7-22-16(28)13-9-23-26-25-13/h4-5,8-10,12H,1-3,6-7H2,(H,22,28)(H,24,27)(H,23,25,26)/t10-,12+/m1/s1. The summed E-state index contributed by atoms with van der Waals surface area (Å²) in [6.07, 6.45) is 0.941. The summed E-state index contributed by atoms with van der Waals surface area (Å²) in [7, 11) is 0. The number of carbonyl (C=O) groups is 2. The second-order valence-corrected chi connectivity index (χ2v) is 6.70. The Kier molecular flexibility index (Phi) is 5.90. The van der Waals surface area contributed by atoms with Gasteiger partial charge >= 0.3 is 6.18 Å². The lowest BCUT2D eigenvalue weighted by Crippen LogP contribution is -2.41. The lowest BCUT2D eigenvalue weighted by atomic mass is 9.85. The number of nitrogens with one attached hydrogen (secondary N) is 3. The summed E-state index contributed by atoms with van der Waals surface area (Å²) < 4.78 is 37.7. The number of alkyl halides is 3. The summed E-state index contributed by atoms with van der Waals surface area (Å²) in [5.74, 6) is -0.602. The largest absolute Gasteiger partial charge is 0.433 e. The molecule has 2 atom stereocenters. The fraction of sp³-hybridized carbons (Fsp3) is 0.471. The number of pyridine rings is 1. The first-order chi connectivity index (χ1) is 13.3. The fourth-order valence-corrected chi connectivity index (χ4v) is 3.21. The van der Waals surface area contributed by atoms with Crippen molar-refractivity contribution in [3.05, 3.63) is 41.5 Å². The molecule has 0 spiro atoms. The maximum absolute atomic E-state index is 12.6. The molecule has 0 aliphatic heterocycles. The second kappa shape index (κ2) is 8.36. The Labute approximate surface area is 158 Å².